The van der Waals surface area contributed by atoms with E-state index in [1.807, 2.05) is 0 Å². The van der Waals surface area contributed by atoms with Gasteiger partial charge in [0.15, 0.2) is 0 Å². The third-order valence-electron chi connectivity index (χ3n) is 3.52. The number of rotatable bonds is 5. The van der Waals surface area contributed by atoms with E-state index in [1.54, 1.807) is 0 Å². The van der Waals surface area contributed by atoms with Gasteiger partial charge in [-0.15, -0.1) is 0 Å². The molecule has 0 spiro atoms. The molecule has 1 aliphatic rings. The van der Waals surface area contributed by atoms with Crippen LogP contribution < -0.4 is 10.2 Å². The largest absolute Gasteiger partial charge is 0.352 e. The molecule has 104 valence electrons. The van der Waals surface area contributed by atoms with Crippen LogP contribution in [-0.4, -0.2) is 24.6 Å². The van der Waals surface area contributed by atoms with Crippen LogP contribution in [0.4, 0.5) is 5.82 Å². The van der Waals surface area contributed by atoms with E-state index in [9.17, 15) is 0 Å². The van der Waals surface area contributed by atoms with Crippen molar-refractivity contribution in [2.24, 2.45) is 0 Å². The summed E-state index contributed by atoms with van der Waals surface area (Å²) in [5.41, 5.74) is 3.98. The molecule has 0 aliphatic carbocycles. The molecular formula is C16H25N3. The highest BCUT2D eigenvalue weighted by atomic mass is 15.2. The highest BCUT2D eigenvalue weighted by Gasteiger charge is 2.13. The molecule has 0 unspecified atom stereocenters. The quantitative estimate of drug-likeness (QED) is 0.824. The van der Waals surface area contributed by atoms with Gasteiger partial charge in [0.1, 0.15) is 5.82 Å². The number of nitrogens with one attached hydrogen (secondary N) is 1. The van der Waals surface area contributed by atoms with E-state index in [-0.39, 0.29) is 0 Å². The van der Waals surface area contributed by atoms with Gasteiger partial charge in [-0.2, -0.15) is 0 Å². The Labute approximate surface area is 116 Å². The van der Waals surface area contributed by atoms with Gasteiger partial charge in [-0.05, 0) is 44.0 Å². The molecule has 0 atom stereocenters. The third-order valence-corrected chi connectivity index (χ3v) is 3.52. The molecule has 0 saturated carbocycles. The molecule has 0 bridgehead atoms. The molecule has 0 fully saturated rings. The minimum Gasteiger partial charge on any atom is -0.352 e. The molecule has 0 radical (unpaired) electrons. The van der Waals surface area contributed by atoms with Gasteiger partial charge in [-0.3, -0.25) is 0 Å². The molecule has 0 aromatic carbocycles. The summed E-state index contributed by atoms with van der Waals surface area (Å²) in [5, 5.41) is 3.40. The normalized spacial score (nSPS) is 15.5. The highest BCUT2D eigenvalue weighted by Crippen LogP contribution is 2.20. The maximum Gasteiger partial charge on any atom is 0.129 e. The van der Waals surface area contributed by atoms with Crippen molar-refractivity contribution >= 4 is 5.82 Å². The summed E-state index contributed by atoms with van der Waals surface area (Å²) in [6.07, 6.45) is 4.46. The van der Waals surface area contributed by atoms with Crippen LogP contribution in [0.25, 0.3) is 0 Å². The lowest BCUT2D eigenvalue weighted by atomic mass is 10.1. The van der Waals surface area contributed by atoms with Crippen molar-refractivity contribution in [3.05, 3.63) is 35.0 Å². The van der Waals surface area contributed by atoms with Crippen molar-refractivity contribution in [1.82, 2.24) is 10.3 Å². The van der Waals surface area contributed by atoms with E-state index in [4.69, 9.17) is 4.98 Å². The Morgan fingerprint density at radius 3 is 2.84 bits per heavy atom. The van der Waals surface area contributed by atoms with Crippen LogP contribution in [-0.2, 0) is 13.0 Å². The molecule has 0 saturated heterocycles. The first-order valence-corrected chi connectivity index (χ1v) is 7.34. The highest BCUT2D eigenvalue weighted by molar-refractivity contribution is 5.45. The molecule has 1 aliphatic heterocycles. The van der Waals surface area contributed by atoms with E-state index < -0.39 is 0 Å². The summed E-state index contributed by atoms with van der Waals surface area (Å²) in [4.78, 5) is 7.18. The third kappa shape index (κ3) is 3.80. The summed E-state index contributed by atoms with van der Waals surface area (Å²) in [6.45, 7) is 10.5. The van der Waals surface area contributed by atoms with Crippen molar-refractivity contribution in [2.45, 2.75) is 40.2 Å². The Hall–Kier alpha value is -1.35. The molecule has 3 nitrogen and oxygen atoms in total. The molecule has 1 aromatic rings. The summed E-state index contributed by atoms with van der Waals surface area (Å²) >= 11 is 0. The van der Waals surface area contributed by atoms with Crippen LogP contribution in [0.1, 0.15) is 38.4 Å². The van der Waals surface area contributed by atoms with Crippen LogP contribution in [0, 0.1) is 0 Å². The summed E-state index contributed by atoms with van der Waals surface area (Å²) < 4.78 is 0. The Morgan fingerprint density at radius 2 is 2.16 bits per heavy atom. The topological polar surface area (TPSA) is 28.2 Å². The Morgan fingerprint density at radius 1 is 1.32 bits per heavy atom. The van der Waals surface area contributed by atoms with Crippen molar-refractivity contribution in [3.8, 4) is 0 Å². The zero-order chi connectivity index (χ0) is 13.7. The molecule has 2 heterocycles. The molecule has 1 aromatic heterocycles. The standard InChI is InChI=1S/C16H25N3/c1-4-15-9-14(11-17-5-2)10-16(18-15)19-8-6-7-13(3)12-19/h7,9-10,17H,4-6,8,11-12H2,1-3H3. The first-order chi connectivity index (χ1) is 9.22. The van der Waals surface area contributed by atoms with E-state index in [0.29, 0.717) is 0 Å². The number of nitrogens with zero attached hydrogens (tertiary/aromatic N) is 2. The molecule has 19 heavy (non-hydrogen) atoms. The fourth-order valence-electron chi connectivity index (χ4n) is 2.45. The van der Waals surface area contributed by atoms with Gasteiger partial charge in [0, 0.05) is 25.3 Å². The summed E-state index contributed by atoms with van der Waals surface area (Å²) in [6, 6.07) is 4.46. The zero-order valence-corrected chi connectivity index (χ0v) is 12.4. The number of anilines is 1. The van der Waals surface area contributed by atoms with E-state index in [2.05, 4.69) is 49.2 Å². The average Bonchev–Trinajstić information content (AvgIpc) is 2.44. The molecule has 1 N–H and O–H groups in total. The van der Waals surface area contributed by atoms with Crippen molar-refractivity contribution in [3.63, 3.8) is 0 Å². The second kappa shape index (κ2) is 6.71. The lowest BCUT2D eigenvalue weighted by molar-refractivity contribution is 0.720. The Balaban J connectivity index is 2.21. The predicted octanol–water partition coefficient (Wildman–Crippen LogP) is 2.91. The van der Waals surface area contributed by atoms with Crippen LogP contribution in [0.5, 0.6) is 0 Å². The summed E-state index contributed by atoms with van der Waals surface area (Å²) in [7, 11) is 0. The Bertz CT molecular complexity index is 451. The van der Waals surface area contributed by atoms with Crippen molar-refractivity contribution in [2.75, 3.05) is 24.5 Å². The van der Waals surface area contributed by atoms with Gasteiger partial charge >= 0.3 is 0 Å². The lowest BCUT2D eigenvalue weighted by Crippen LogP contribution is -2.30. The van der Waals surface area contributed by atoms with E-state index >= 15 is 0 Å². The smallest absolute Gasteiger partial charge is 0.129 e. The first kappa shape index (κ1) is 14.1. The first-order valence-electron chi connectivity index (χ1n) is 7.34. The van der Waals surface area contributed by atoms with E-state index in [0.717, 1.165) is 44.8 Å². The van der Waals surface area contributed by atoms with Gasteiger partial charge in [-0.25, -0.2) is 4.98 Å². The second-order valence-electron chi connectivity index (χ2n) is 5.22. The molecular weight excluding hydrogens is 234 g/mol. The lowest BCUT2D eigenvalue weighted by Gasteiger charge is -2.28. The maximum absolute atomic E-state index is 4.79. The molecule has 0 amide bonds. The number of aromatic nitrogens is 1. The Kier molecular flexibility index (Phi) is 4.97. The van der Waals surface area contributed by atoms with Gasteiger partial charge in [-0.1, -0.05) is 25.5 Å². The zero-order valence-electron chi connectivity index (χ0n) is 12.4. The SMILES string of the molecule is CCNCc1cc(CC)nc(N2CCC=C(C)C2)c1. The maximum atomic E-state index is 4.79. The summed E-state index contributed by atoms with van der Waals surface area (Å²) in [5.74, 6) is 1.14. The van der Waals surface area contributed by atoms with Crippen LogP contribution >= 0.6 is 0 Å². The van der Waals surface area contributed by atoms with Gasteiger partial charge < -0.3 is 10.2 Å². The number of hydrogen-bond donors (Lipinski definition) is 1. The predicted molar refractivity (Wildman–Crippen MR) is 81.6 cm³/mol. The number of pyridine rings is 1. The van der Waals surface area contributed by atoms with Crippen LogP contribution in [0.2, 0.25) is 0 Å². The number of hydrogen-bond acceptors (Lipinski definition) is 3. The van der Waals surface area contributed by atoms with E-state index in [1.165, 1.54) is 16.8 Å². The average molecular weight is 259 g/mol. The van der Waals surface area contributed by atoms with Crippen molar-refractivity contribution in [1.29, 1.82) is 0 Å². The van der Waals surface area contributed by atoms with Gasteiger partial charge in [0.05, 0.1) is 0 Å². The fraction of sp³-hybridized carbons (Fsp3) is 0.562. The fourth-order valence-corrected chi connectivity index (χ4v) is 2.45. The monoisotopic (exact) mass is 259 g/mol. The van der Waals surface area contributed by atoms with Crippen molar-refractivity contribution < 1.29 is 0 Å². The minimum absolute atomic E-state index is 0.932. The molecule has 3 heteroatoms. The van der Waals surface area contributed by atoms with Gasteiger partial charge in [0.25, 0.3) is 0 Å². The van der Waals surface area contributed by atoms with Crippen LogP contribution in [0.15, 0.2) is 23.8 Å². The minimum atomic E-state index is 0.932. The second-order valence-corrected chi connectivity index (χ2v) is 5.22. The number of aryl methyl sites for hydroxylation is 1. The molecule has 2 rings (SSSR count). The van der Waals surface area contributed by atoms with Crippen LogP contribution in [0.3, 0.4) is 0 Å². The van der Waals surface area contributed by atoms with Gasteiger partial charge in [0.2, 0.25) is 0 Å².